The highest BCUT2D eigenvalue weighted by Gasteiger charge is 2.19. The van der Waals surface area contributed by atoms with Gasteiger partial charge in [-0.1, -0.05) is 42.1 Å². The van der Waals surface area contributed by atoms with Crippen LogP contribution in [0.4, 0.5) is 4.79 Å². The number of urea groups is 1. The highest BCUT2D eigenvalue weighted by molar-refractivity contribution is 8.00. The molecule has 0 bridgehead atoms. The lowest BCUT2D eigenvalue weighted by Gasteiger charge is -2.09. The first-order chi connectivity index (χ1) is 11.5. The van der Waals surface area contributed by atoms with Crippen molar-refractivity contribution in [2.75, 3.05) is 6.54 Å². The van der Waals surface area contributed by atoms with Gasteiger partial charge in [0, 0.05) is 18.7 Å². The number of aromatic nitrogens is 2. The molecule has 0 saturated heterocycles. The van der Waals surface area contributed by atoms with E-state index in [2.05, 4.69) is 32.7 Å². The highest BCUT2D eigenvalue weighted by Crippen LogP contribution is 2.23. The first-order valence-electron chi connectivity index (χ1n) is 7.84. The van der Waals surface area contributed by atoms with E-state index in [0.717, 1.165) is 17.8 Å². The lowest BCUT2D eigenvalue weighted by molar-refractivity contribution is -0.119. The number of thioether (sulfide) groups is 1. The molecule has 0 fully saturated rings. The standard InChI is InChI=1S/C17H22N4O2S/c1-4-18-16(23)21-15(22)12(3)24-17-19-11(2)14(20-17)10-13-8-6-5-7-9-13/h5-9,12H,4,10H2,1-3H3,(H,19,20)(H2,18,21,22,23). The number of aromatic amines is 1. The molecule has 0 aliphatic heterocycles. The van der Waals surface area contributed by atoms with Gasteiger partial charge >= 0.3 is 6.03 Å². The van der Waals surface area contributed by atoms with Crippen LogP contribution >= 0.6 is 11.8 Å². The summed E-state index contributed by atoms with van der Waals surface area (Å²) in [6, 6.07) is 9.63. The van der Waals surface area contributed by atoms with Crippen LogP contribution < -0.4 is 10.6 Å². The van der Waals surface area contributed by atoms with Gasteiger partial charge in [-0.05, 0) is 26.3 Å². The number of carbonyl (C=O) groups is 2. The molecule has 2 aromatic rings. The largest absolute Gasteiger partial charge is 0.338 e. The second-order valence-electron chi connectivity index (χ2n) is 5.38. The normalized spacial score (nSPS) is 11.8. The van der Waals surface area contributed by atoms with E-state index in [0.29, 0.717) is 11.7 Å². The van der Waals surface area contributed by atoms with Gasteiger partial charge in [-0.2, -0.15) is 0 Å². The van der Waals surface area contributed by atoms with E-state index in [1.165, 1.54) is 17.3 Å². The van der Waals surface area contributed by atoms with Crippen molar-refractivity contribution in [2.24, 2.45) is 0 Å². The molecule has 1 aromatic carbocycles. The number of nitrogens with one attached hydrogen (secondary N) is 3. The molecule has 128 valence electrons. The second-order valence-corrected chi connectivity index (χ2v) is 6.71. The zero-order valence-electron chi connectivity index (χ0n) is 14.1. The Bertz CT molecular complexity index is 700. The average Bonchev–Trinajstić information content (AvgIpc) is 2.88. The van der Waals surface area contributed by atoms with Crippen LogP contribution in [-0.4, -0.2) is 33.7 Å². The van der Waals surface area contributed by atoms with Gasteiger partial charge in [0.25, 0.3) is 0 Å². The summed E-state index contributed by atoms with van der Waals surface area (Å²) in [6.45, 7) is 5.98. The fourth-order valence-electron chi connectivity index (χ4n) is 2.12. The van der Waals surface area contributed by atoms with E-state index in [4.69, 9.17) is 0 Å². The van der Waals surface area contributed by atoms with Crippen molar-refractivity contribution in [3.8, 4) is 0 Å². The van der Waals surface area contributed by atoms with Crippen molar-refractivity contribution in [3.63, 3.8) is 0 Å². The maximum absolute atomic E-state index is 12.0. The van der Waals surface area contributed by atoms with Crippen molar-refractivity contribution in [2.45, 2.75) is 37.6 Å². The molecule has 7 heteroatoms. The summed E-state index contributed by atoms with van der Waals surface area (Å²) in [5, 5.41) is 5.09. The maximum atomic E-state index is 12.0. The van der Waals surface area contributed by atoms with E-state index < -0.39 is 11.3 Å². The van der Waals surface area contributed by atoms with Gasteiger partial charge in [0.15, 0.2) is 5.16 Å². The minimum atomic E-state index is -0.477. The third-order valence-electron chi connectivity index (χ3n) is 3.41. The molecule has 3 amide bonds. The van der Waals surface area contributed by atoms with Crippen molar-refractivity contribution in [1.82, 2.24) is 20.6 Å². The molecule has 1 aromatic heterocycles. The van der Waals surface area contributed by atoms with Gasteiger partial charge in [-0.3, -0.25) is 10.1 Å². The fraction of sp³-hybridized carbons (Fsp3) is 0.353. The molecule has 1 atom stereocenters. The third-order valence-corrected chi connectivity index (χ3v) is 4.39. The number of aryl methyl sites for hydroxylation is 1. The summed E-state index contributed by atoms with van der Waals surface area (Å²) < 4.78 is 0. The number of amides is 3. The van der Waals surface area contributed by atoms with E-state index in [1.54, 1.807) is 13.8 Å². The van der Waals surface area contributed by atoms with Crippen LogP contribution in [0.25, 0.3) is 0 Å². The summed E-state index contributed by atoms with van der Waals surface area (Å²) in [6.07, 6.45) is 0.739. The molecule has 0 aliphatic rings. The monoisotopic (exact) mass is 346 g/mol. The average molecular weight is 346 g/mol. The Kier molecular flexibility index (Phi) is 6.43. The molecule has 6 nitrogen and oxygen atoms in total. The quantitative estimate of drug-likeness (QED) is 0.702. The first kappa shape index (κ1) is 18.1. The Labute approximate surface area is 145 Å². The smallest absolute Gasteiger partial charge is 0.321 e. The third kappa shape index (κ3) is 5.13. The Balaban J connectivity index is 1.96. The number of imidazole rings is 1. The highest BCUT2D eigenvalue weighted by atomic mass is 32.2. The molecule has 2 rings (SSSR count). The van der Waals surface area contributed by atoms with Crippen molar-refractivity contribution >= 4 is 23.7 Å². The predicted octanol–water partition coefficient (Wildman–Crippen LogP) is 2.64. The molecule has 24 heavy (non-hydrogen) atoms. The molecule has 0 spiro atoms. The van der Waals surface area contributed by atoms with Crippen LogP contribution in [0.5, 0.6) is 0 Å². The van der Waals surface area contributed by atoms with E-state index in [9.17, 15) is 9.59 Å². The Morgan fingerprint density at radius 2 is 2.00 bits per heavy atom. The first-order valence-corrected chi connectivity index (χ1v) is 8.72. The van der Waals surface area contributed by atoms with Gasteiger partial charge in [-0.15, -0.1) is 0 Å². The molecule has 0 saturated carbocycles. The lowest BCUT2D eigenvalue weighted by Crippen LogP contribution is -2.42. The summed E-state index contributed by atoms with van der Waals surface area (Å²) in [7, 11) is 0. The SMILES string of the molecule is CCNC(=O)NC(=O)C(C)Sc1nc(Cc2ccccc2)c(C)[nH]1. The lowest BCUT2D eigenvalue weighted by atomic mass is 10.1. The Morgan fingerprint density at radius 1 is 1.29 bits per heavy atom. The molecule has 0 aliphatic carbocycles. The Morgan fingerprint density at radius 3 is 2.67 bits per heavy atom. The minimum absolute atomic E-state index is 0.343. The fourth-order valence-corrected chi connectivity index (χ4v) is 3.00. The van der Waals surface area contributed by atoms with E-state index in [1.807, 2.05) is 25.1 Å². The molecule has 3 N–H and O–H groups in total. The van der Waals surface area contributed by atoms with E-state index >= 15 is 0 Å². The molecule has 1 heterocycles. The topological polar surface area (TPSA) is 86.9 Å². The van der Waals surface area contributed by atoms with Crippen LogP contribution in [0.3, 0.4) is 0 Å². The number of rotatable bonds is 6. The van der Waals surface area contributed by atoms with Gasteiger partial charge in [0.2, 0.25) is 5.91 Å². The van der Waals surface area contributed by atoms with Crippen LogP contribution in [-0.2, 0) is 11.2 Å². The van der Waals surface area contributed by atoms with Crippen LogP contribution in [0.1, 0.15) is 30.8 Å². The summed E-state index contributed by atoms with van der Waals surface area (Å²) in [4.78, 5) is 31.1. The van der Waals surface area contributed by atoms with Crippen LogP contribution in [0.2, 0.25) is 0 Å². The number of H-pyrrole nitrogens is 1. The Hall–Kier alpha value is -2.28. The van der Waals surface area contributed by atoms with Crippen molar-refractivity contribution < 1.29 is 9.59 Å². The number of imide groups is 1. The number of hydrogen-bond donors (Lipinski definition) is 3. The molecule has 0 radical (unpaired) electrons. The molecular formula is C17H22N4O2S. The zero-order chi connectivity index (χ0) is 17.5. The summed E-state index contributed by atoms with van der Waals surface area (Å²) in [5.41, 5.74) is 3.13. The van der Waals surface area contributed by atoms with Crippen LogP contribution in [0, 0.1) is 6.92 Å². The van der Waals surface area contributed by atoms with Gasteiger partial charge < -0.3 is 10.3 Å². The van der Waals surface area contributed by atoms with Gasteiger partial charge in [0.1, 0.15) is 0 Å². The summed E-state index contributed by atoms with van der Waals surface area (Å²) >= 11 is 1.30. The maximum Gasteiger partial charge on any atom is 0.321 e. The van der Waals surface area contributed by atoms with Crippen LogP contribution in [0.15, 0.2) is 35.5 Å². The number of benzene rings is 1. The van der Waals surface area contributed by atoms with Crippen molar-refractivity contribution in [1.29, 1.82) is 0 Å². The predicted molar refractivity (Wildman–Crippen MR) is 95.1 cm³/mol. The van der Waals surface area contributed by atoms with E-state index in [-0.39, 0.29) is 5.91 Å². The van der Waals surface area contributed by atoms with Gasteiger partial charge in [0.05, 0.1) is 10.9 Å². The number of carbonyl (C=O) groups excluding carboxylic acids is 2. The number of hydrogen-bond acceptors (Lipinski definition) is 4. The molecular weight excluding hydrogens is 324 g/mol. The number of nitrogens with zero attached hydrogens (tertiary/aromatic N) is 1. The molecule has 1 unspecified atom stereocenters. The zero-order valence-corrected chi connectivity index (χ0v) is 14.9. The summed E-state index contributed by atoms with van der Waals surface area (Å²) in [5.74, 6) is -0.343. The second kappa shape index (κ2) is 8.54. The minimum Gasteiger partial charge on any atom is -0.338 e. The van der Waals surface area contributed by atoms with Crippen molar-refractivity contribution in [3.05, 3.63) is 47.3 Å². The van der Waals surface area contributed by atoms with Gasteiger partial charge in [-0.25, -0.2) is 9.78 Å².